The van der Waals surface area contributed by atoms with Gasteiger partial charge >= 0.3 is 12.1 Å². The van der Waals surface area contributed by atoms with E-state index in [1.54, 1.807) is 33.2 Å². The lowest BCUT2D eigenvalue weighted by atomic mass is 9.89. The summed E-state index contributed by atoms with van der Waals surface area (Å²) >= 11 is 6.68. The molecule has 3 heterocycles. The van der Waals surface area contributed by atoms with E-state index >= 15 is 0 Å². The summed E-state index contributed by atoms with van der Waals surface area (Å²) in [6.45, 7) is 3.98. The molecule has 11 nitrogen and oxygen atoms in total. The van der Waals surface area contributed by atoms with Crippen LogP contribution in [0.25, 0.3) is 0 Å². The average molecular weight is 620 g/mol. The number of rotatable bonds is 5. The van der Waals surface area contributed by atoms with Crippen LogP contribution in [0.1, 0.15) is 32.3 Å². The smallest absolute Gasteiger partial charge is 0.407 e. The van der Waals surface area contributed by atoms with Gasteiger partial charge in [-0.1, -0.05) is 42.3 Å². The number of epoxide rings is 1. The maximum Gasteiger partial charge on any atom is 0.407 e. The minimum absolute atomic E-state index is 0.0465. The number of methoxy groups -OCH3 is 2. The van der Waals surface area contributed by atoms with Crippen LogP contribution < -0.4 is 15.0 Å². The highest BCUT2D eigenvalue weighted by atomic mass is 35.5. The third-order valence-electron chi connectivity index (χ3n) is 8.05. The topological polar surface area (TPSA) is 119 Å². The number of fused-ring (bicyclic) bond motifs is 5. The first-order chi connectivity index (χ1) is 20.4. The molecule has 2 amide bonds. The van der Waals surface area contributed by atoms with E-state index < -0.39 is 36.5 Å². The van der Waals surface area contributed by atoms with Gasteiger partial charge in [0.25, 0.3) is 0 Å². The van der Waals surface area contributed by atoms with Gasteiger partial charge in [0, 0.05) is 26.5 Å². The second-order valence-electron chi connectivity index (χ2n) is 11.7. The lowest BCUT2D eigenvalue weighted by molar-refractivity contribution is -0.151. The summed E-state index contributed by atoms with van der Waals surface area (Å²) < 4.78 is 28.8. The van der Waals surface area contributed by atoms with E-state index in [9.17, 15) is 14.4 Å². The maximum absolute atomic E-state index is 13.7. The monoisotopic (exact) mass is 619 g/mol. The van der Waals surface area contributed by atoms with E-state index in [2.05, 4.69) is 5.32 Å². The Morgan fingerprint density at radius 3 is 2.63 bits per heavy atom. The summed E-state index contributed by atoms with van der Waals surface area (Å²) in [5.74, 6) is -0.575. The van der Waals surface area contributed by atoms with Crippen LogP contribution in [0.5, 0.6) is 5.75 Å². The number of ether oxygens (including phenoxy) is 5. The van der Waals surface area contributed by atoms with Crippen molar-refractivity contribution >= 4 is 35.3 Å². The number of amides is 2. The zero-order valence-corrected chi connectivity index (χ0v) is 26.6. The molecule has 4 rings (SSSR count). The van der Waals surface area contributed by atoms with E-state index in [1.807, 2.05) is 44.2 Å². The molecule has 3 aliphatic heterocycles. The molecule has 0 saturated carbocycles. The van der Waals surface area contributed by atoms with Crippen molar-refractivity contribution in [3.05, 3.63) is 46.5 Å². The molecule has 1 aromatic carbocycles. The Morgan fingerprint density at radius 1 is 1.21 bits per heavy atom. The molecule has 1 N–H and O–H groups in total. The molecule has 12 heteroatoms. The number of carbonyl (C=O) groups excluding carboxylic acids is 3. The van der Waals surface area contributed by atoms with Crippen molar-refractivity contribution in [2.75, 3.05) is 46.8 Å². The Kier molecular flexibility index (Phi) is 10.8. The Labute approximate surface area is 258 Å². The van der Waals surface area contributed by atoms with Gasteiger partial charge in [0.2, 0.25) is 5.91 Å². The summed E-state index contributed by atoms with van der Waals surface area (Å²) in [6, 6.07) is 3.38. The molecule has 43 heavy (non-hydrogen) atoms. The number of alkyl carbamates (subject to hydrolysis) is 1. The van der Waals surface area contributed by atoms with E-state index in [-0.39, 0.29) is 36.9 Å². The van der Waals surface area contributed by atoms with Crippen LogP contribution in [-0.4, -0.2) is 101 Å². The number of allylic oxidation sites excluding steroid dienone is 3. The van der Waals surface area contributed by atoms with E-state index in [0.717, 1.165) is 11.1 Å². The number of anilines is 1. The van der Waals surface area contributed by atoms with Crippen molar-refractivity contribution < 1.29 is 38.1 Å². The Hall–Kier alpha value is -3.12. The zero-order chi connectivity index (χ0) is 31.4. The second kappa shape index (κ2) is 14.1. The van der Waals surface area contributed by atoms with Gasteiger partial charge in [-0.2, -0.15) is 0 Å². The number of benzene rings is 1. The maximum atomic E-state index is 13.7. The van der Waals surface area contributed by atoms with Gasteiger partial charge < -0.3 is 33.9 Å². The SMILES string of the molecule is COc1cc2cc(c1Cl)N(C)C(=O)C[C@H](OC(=O)CN(C)C)C1OC1[C@H](C)C1CC(NC(=O)O1)[C@H](OC)/C=C/C=C(\C)C2. The number of nitrogens with zero attached hydrogens (tertiary/aromatic N) is 2. The number of hydrogen-bond donors (Lipinski definition) is 1. The lowest BCUT2D eigenvalue weighted by Gasteiger charge is -2.35. The lowest BCUT2D eigenvalue weighted by Crippen LogP contribution is -2.53. The van der Waals surface area contributed by atoms with Crippen molar-refractivity contribution in [3.8, 4) is 5.75 Å². The summed E-state index contributed by atoms with van der Waals surface area (Å²) in [4.78, 5) is 42.1. The molecule has 236 valence electrons. The molecule has 2 saturated heterocycles. The molecule has 0 aromatic heterocycles. The summed E-state index contributed by atoms with van der Waals surface area (Å²) in [5.41, 5.74) is 2.42. The van der Waals surface area contributed by atoms with Gasteiger partial charge in [0.05, 0.1) is 44.0 Å². The molecule has 1 aromatic rings. The third-order valence-corrected chi connectivity index (χ3v) is 8.43. The third kappa shape index (κ3) is 8.08. The quantitative estimate of drug-likeness (QED) is 0.390. The number of carbonyl (C=O) groups is 3. The number of esters is 1. The van der Waals surface area contributed by atoms with Gasteiger partial charge in [-0.05, 0) is 45.1 Å². The first kappa shape index (κ1) is 32.8. The Balaban J connectivity index is 1.72. The fourth-order valence-electron chi connectivity index (χ4n) is 5.64. The van der Waals surface area contributed by atoms with Crippen LogP contribution >= 0.6 is 11.6 Å². The Bertz CT molecular complexity index is 1270. The number of halogens is 1. The second-order valence-corrected chi connectivity index (χ2v) is 12.1. The van der Waals surface area contributed by atoms with Crippen molar-refractivity contribution in [1.82, 2.24) is 10.2 Å². The van der Waals surface area contributed by atoms with Crippen molar-refractivity contribution in [2.45, 2.75) is 69.7 Å². The van der Waals surface area contributed by atoms with Crippen LogP contribution in [0.3, 0.4) is 0 Å². The normalized spacial score (nSPS) is 31.7. The minimum Gasteiger partial charge on any atom is -0.495 e. The zero-order valence-electron chi connectivity index (χ0n) is 25.8. The summed E-state index contributed by atoms with van der Waals surface area (Å²) in [6.07, 6.45) is 3.55. The molecule has 7 atom stereocenters. The van der Waals surface area contributed by atoms with Gasteiger partial charge in [0.15, 0.2) is 0 Å². The predicted octanol–water partition coefficient (Wildman–Crippen LogP) is 3.52. The molecule has 4 bridgehead atoms. The molecule has 2 fully saturated rings. The molecule has 3 aliphatic rings. The van der Waals surface area contributed by atoms with Crippen molar-refractivity contribution in [2.24, 2.45) is 5.92 Å². The highest BCUT2D eigenvalue weighted by Crippen LogP contribution is 2.40. The van der Waals surface area contributed by atoms with Gasteiger partial charge in [-0.25, -0.2) is 4.79 Å². The molecule has 0 radical (unpaired) electrons. The van der Waals surface area contributed by atoms with Crippen LogP contribution in [0.2, 0.25) is 5.02 Å². The fourth-order valence-corrected chi connectivity index (χ4v) is 5.95. The number of likely N-dealkylation sites (N-methyl/N-ethyl adjacent to an activating group) is 1. The molecular weight excluding hydrogens is 578 g/mol. The summed E-state index contributed by atoms with van der Waals surface area (Å²) in [7, 11) is 8.28. The number of hydrogen-bond acceptors (Lipinski definition) is 9. The van der Waals surface area contributed by atoms with E-state index in [1.165, 1.54) is 12.0 Å². The largest absolute Gasteiger partial charge is 0.495 e. The molecule has 4 unspecified atom stereocenters. The van der Waals surface area contributed by atoms with Crippen LogP contribution in [0.15, 0.2) is 35.9 Å². The van der Waals surface area contributed by atoms with Crippen LogP contribution in [0, 0.1) is 5.92 Å². The number of nitrogens with one attached hydrogen (secondary N) is 1. The van der Waals surface area contributed by atoms with Crippen molar-refractivity contribution in [1.29, 1.82) is 0 Å². The highest BCUT2D eigenvalue weighted by Gasteiger charge is 2.54. The van der Waals surface area contributed by atoms with Crippen LogP contribution in [0.4, 0.5) is 10.5 Å². The molecule has 0 spiro atoms. The fraction of sp³-hybridized carbons (Fsp3) is 0.581. The van der Waals surface area contributed by atoms with Gasteiger partial charge in [0.1, 0.15) is 29.1 Å². The van der Waals surface area contributed by atoms with Crippen molar-refractivity contribution in [3.63, 3.8) is 0 Å². The van der Waals surface area contributed by atoms with E-state index in [4.69, 9.17) is 35.3 Å². The Morgan fingerprint density at radius 2 is 1.95 bits per heavy atom. The molecule has 0 aliphatic carbocycles. The first-order valence-corrected chi connectivity index (χ1v) is 14.8. The minimum atomic E-state index is -0.853. The highest BCUT2D eigenvalue weighted by molar-refractivity contribution is 6.35. The van der Waals surface area contributed by atoms with Gasteiger partial charge in [-0.3, -0.25) is 14.5 Å². The van der Waals surface area contributed by atoms with Gasteiger partial charge in [-0.15, -0.1) is 0 Å². The summed E-state index contributed by atoms with van der Waals surface area (Å²) in [5, 5.41) is 3.17. The standard InChI is InChI=1S/C31H42ClN3O8/c1-17-9-8-10-22(39-6)20-14-23(42-31(38)33-20)18(2)29-30(43-29)25(41-27(37)16-34(3)4)15-26(36)35(5)21-12-19(11-17)13-24(40-7)28(21)32/h8-10,12-13,18,20,22-23,25,29-30H,11,14-16H2,1-7H3,(H,33,38)/b10-8+,17-9+/t18-,20?,22-,23?,25+,29?,30?/m1/s1. The van der Waals surface area contributed by atoms with Crippen LogP contribution in [-0.2, 0) is 35.0 Å². The molecular formula is C31H42ClN3O8. The average Bonchev–Trinajstić information content (AvgIpc) is 3.74. The first-order valence-electron chi connectivity index (χ1n) is 14.4. The van der Waals surface area contributed by atoms with E-state index in [0.29, 0.717) is 29.3 Å². The predicted molar refractivity (Wildman–Crippen MR) is 161 cm³/mol.